The molecule has 1 aromatic heterocycles. The fourth-order valence-electron chi connectivity index (χ4n) is 3.83. The molecule has 2 fully saturated rings. The summed E-state index contributed by atoms with van der Waals surface area (Å²) in [7, 11) is 0. The second-order valence-electron chi connectivity index (χ2n) is 6.98. The van der Waals surface area contributed by atoms with Crippen molar-refractivity contribution in [3.8, 4) is 5.75 Å². The number of hydrogen-bond donors (Lipinski definition) is 0. The molecule has 2 atom stereocenters. The Hall–Kier alpha value is -1.91. The van der Waals surface area contributed by atoms with Crippen LogP contribution in [0.15, 0.2) is 48.5 Å². The van der Waals surface area contributed by atoms with E-state index in [1.165, 1.54) is 0 Å². The molecule has 4 heteroatoms. The Bertz CT molecular complexity index is 691. The van der Waals surface area contributed by atoms with Crippen molar-refractivity contribution in [1.29, 1.82) is 0 Å². The zero-order valence-corrected chi connectivity index (χ0v) is 14.1. The number of rotatable bonds is 4. The van der Waals surface area contributed by atoms with Crippen LogP contribution in [0.5, 0.6) is 5.75 Å². The quantitative estimate of drug-likeness (QED) is 0.865. The van der Waals surface area contributed by atoms with Crippen molar-refractivity contribution in [1.82, 2.24) is 9.88 Å². The fraction of sp³-hybridized carbons (Fsp3) is 0.450. The number of likely N-dealkylation sites (tertiary alicyclic amines) is 1. The lowest BCUT2D eigenvalue weighted by Gasteiger charge is -2.23. The average molecular weight is 324 g/mol. The SMILES string of the molecule is Cc1cccc(CN2CCC3(CC(Oc4ccccc4)CO3)C2)n1. The van der Waals surface area contributed by atoms with Gasteiger partial charge in [-0.25, -0.2) is 0 Å². The summed E-state index contributed by atoms with van der Waals surface area (Å²) in [4.78, 5) is 7.07. The van der Waals surface area contributed by atoms with Crippen LogP contribution < -0.4 is 4.74 Å². The number of nitrogens with zero attached hydrogens (tertiary/aromatic N) is 2. The first-order chi connectivity index (χ1) is 11.7. The number of pyridine rings is 1. The molecule has 2 aromatic rings. The molecule has 1 spiro atoms. The minimum Gasteiger partial charge on any atom is -0.488 e. The number of ether oxygens (including phenoxy) is 2. The van der Waals surface area contributed by atoms with Crippen LogP contribution in [0.1, 0.15) is 24.2 Å². The molecule has 0 aliphatic carbocycles. The Morgan fingerprint density at radius 3 is 2.92 bits per heavy atom. The van der Waals surface area contributed by atoms with Crippen LogP contribution in [0.2, 0.25) is 0 Å². The van der Waals surface area contributed by atoms with Gasteiger partial charge in [-0.3, -0.25) is 9.88 Å². The number of aromatic nitrogens is 1. The van der Waals surface area contributed by atoms with E-state index in [0.717, 1.165) is 49.6 Å². The standard InChI is InChI=1S/C20H24N2O2/c1-16-6-5-7-17(21-16)13-22-11-10-20(15-22)12-19(14-23-20)24-18-8-3-2-4-9-18/h2-9,19H,10-15H2,1H3. The van der Waals surface area contributed by atoms with Gasteiger partial charge in [-0.2, -0.15) is 0 Å². The Morgan fingerprint density at radius 1 is 1.21 bits per heavy atom. The van der Waals surface area contributed by atoms with Crippen molar-refractivity contribution in [2.24, 2.45) is 0 Å². The molecule has 24 heavy (non-hydrogen) atoms. The third kappa shape index (κ3) is 3.45. The van der Waals surface area contributed by atoms with Gasteiger partial charge >= 0.3 is 0 Å². The van der Waals surface area contributed by atoms with Crippen LogP contribution in [0.3, 0.4) is 0 Å². The minimum atomic E-state index is -0.0384. The zero-order valence-electron chi connectivity index (χ0n) is 14.1. The third-order valence-corrected chi connectivity index (χ3v) is 4.95. The molecule has 4 rings (SSSR count). The number of hydrogen-bond acceptors (Lipinski definition) is 4. The van der Waals surface area contributed by atoms with Crippen molar-refractivity contribution in [2.45, 2.75) is 38.0 Å². The summed E-state index contributed by atoms with van der Waals surface area (Å²) in [5.41, 5.74) is 2.18. The maximum Gasteiger partial charge on any atom is 0.125 e. The Labute approximate surface area is 143 Å². The van der Waals surface area contributed by atoms with Crippen molar-refractivity contribution in [3.05, 3.63) is 59.9 Å². The van der Waals surface area contributed by atoms with Gasteiger partial charge in [0.05, 0.1) is 17.9 Å². The molecule has 2 aliphatic rings. The van der Waals surface area contributed by atoms with Gasteiger partial charge < -0.3 is 9.47 Å². The van der Waals surface area contributed by atoms with Crippen molar-refractivity contribution in [3.63, 3.8) is 0 Å². The number of aryl methyl sites for hydroxylation is 1. The van der Waals surface area contributed by atoms with E-state index in [4.69, 9.17) is 9.47 Å². The van der Waals surface area contributed by atoms with E-state index in [-0.39, 0.29) is 11.7 Å². The summed E-state index contributed by atoms with van der Waals surface area (Å²) in [5.74, 6) is 0.932. The molecule has 0 radical (unpaired) electrons. The van der Waals surface area contributed by atoms with Gasteiger partial charge in [0.25, 0.3) is 0 Å². The highest BCUT2D eigenvalue weighted by Gasteiger charge is 2.46. The highest BCUT2D eigenvalue weighted by Crippen LogP contribution is 2.37. The molecule has 4 nitrogen and oxygen atoms in total. The molecule has 126 valence electrons. The Balaban J connectivity index is 1.34. The Morgan fingerprint density at radius 2 is 2.08 bits per heavy atom. The predicted octanol–water partition coefficient (Wildman–Crippen LogP) is 3.20. The highest BCUT2D eigenvalue weighted by atomic mass is 16.6. The zero-order chi connectivity index (χ0) is 16.4. The lowest BCUT2D eigenvalue weighted by atomic mass is 9.98. The normalized spacial score (nSPS) is 27.0. The molecule has 1 aromatic carbocycles. The first-order valence-electron chi connectivity index (χ1n) is 8.71. The highest BCUT2D eigenvalue weighted by molar-refractivity contribution is 5.21. The first-order valence-corrected chi connectivity index (χ1v) is 8.71. The predicted molar refractivity (Wildman–Crippen MR) is 93.0 cm³/mol. The first kappa shape index (κ1) is 15.6. The van der Waals surface area contributed by atoms with Crippen LogP contribution in [-0.2, 0) is 11.3 Å². The molecular weight excluding hydrogens is 300 g/mol. The summed E-state index contributed by atoms with van der Waals surface area (Å²) in [6.45, 7) is 5.66. The third-order valence-electron chi connectivity index (χ3n) is 4.95. The molecule has 2 saturated heterocycles. The van der Waals surface area contributed by atoms with E-state index in [1.54, 1.807) is 0 Å². The van der Waals surface area contributed by atoms with Crippen molar-refractivity contribution < 1.29 is 9.47 Å². The van der Waals surface area contributed by atoms with Gasteiger partial charge in [0.2, 0.25) is 0 Å². The van der Waals surface area contributed by atoms with Gasteiger partial charge in [-0.1, -0.05) is 24.3 Å². The summed E-state index contributed by atoms with van der Waals surface area (Å²) in [5, 5.41) is 0. The van der Waals surface area contributed by atoms with Gasteiger partial charge in [-0.15, -0.1) is 0 Å². The van der Waals surface area contributed by atoms with E-state index in [0.29, 0.717) is 6.61 Å². The van der Waals surface area contributed by atoms with E-state index in [9.17, 15) is 0 Å². The monoisotopic (exact) mass is 324 g/mol. The van der Waals surface area contributed by atoms with E-state index in [2.05, 4.69) is 22.0 Å². The number of benzene rings is 1. The second-order valence-corrected chi connectivity index (χ2v) is 6.98. The largest absolute Gasteiger partial charge is 0.488 e. The average Bonchev–Trinajstić information content (AvgIpc) is 3.15. The van der Waals surface area contributed by atoms with Crippen molar-refractivity contribution in [2.75, 3.05) is 19.7 Å². The molecular formula is C20H24N2O2. The molecule has 2 unspecified atom stereocenters. The summed E-state index contributed by atoms with van der Waals surface area (Å²) < 4.78 is 12.3. The molecule has 3 heterocycles. The lowest BCUT2D eigenvalue weighted by Crippen LogP contribution is -2.33. The molecule has 0 N–H and O–H groups in total. The fourth-order valence-corrected chi connectivity index (χ4v) is 3.83. The molecule has 2 aliphatic heterocycles. The topological polar surface area (TPSA) is 34.6 Å². The van der Waals surface area contributed by atoms with Crippen molar-refractivity contribution >= 4 is 0 Å². The summed E-state index contributed by atoms with van der Waals surface area (Å²) >= 11 is 0. The number of para-hydroxylation sites is 1. The molecule has 0 saturated carbocycles. The van der Waals surface area contributed by atoms with Crippen LogP contribution in [0.25, 0.3) is 0 Å². The van der Waals surface area contributed by atoms with E-state index >= 15 is 0 Å². The van der Waals surface area contributed by atoms with Crippen LogP contribution in [-0.4, -0.2) is 41.3 Å². The van der Waals surface area contributed by atoms with Gasteiger partial charge in [-0.05, 0) is 37.6 Å². The van der Waals surface area contributed by atoms with Gasteiger partial charge in [0, 0.05) is 31.7 Å². The van der Waals surface area contributed by atoms with Crippen LogP contribution >= 0.6 is 0 Å². The Kier molecular flexibility index (Phi) is 4.25. The summed E-state index contributed by atoms with van der Waals surface area (Å²) in [6, 6.07) is 16.3. The van der Waals surface area contributed by atoms with Crippen LogP contribution in [0.4, 0.5) is 0 Å². The molecule has 0 amide bonds. The van der Waals surface area contributed by atoms with Crippen LogP contribution in [0, 0.1) is 6.92 Å². The smallest absolute Gasteiger partial charge is 0.125 e. The molecule has 0 bridgehead atoms. The second kappa shape index (κ2) is 6.54. The van der Waals surface area contributed by atoms with E-state index < -0.39 is 0 Å². The maximum absolute atomic E-state index is 6.19. The maximum atomic E-state index is 6.19. The van der Waals surface area contributed by atoms with Gasteiger partial charge in [0.1, 0.15) is 11.9 Å². The minimum absolute atomic E-state index is 0.0384. The summed E-state index contributed by atoms with van der Waals surface area (Å²) in [6.07, 6.45) is 2.21. The lowest BCUT2D eigenvalue weighted by molar-refractivity contribution is 0.00927. The van der Waals surface area contributed by atoms with E-state index in [1.807, 2.05) is 43.3 Å². The van der Waals surface area contributed by atoms with Gasteiger partial charge in [0.15, 0.2) is 0 Å².